The van der Waals surface area contributed by atoms with Gasteiger partial charge in [0.2, 0.25) is 0 Å². The molecule has 4 aromatic carbocycles. The van der Waals surface area contributed by atoms with Crippen molar-refractivity contribution >= 4 is 21.7 Å². The fourth-order valence-electron chi connectivity index (χ4n) is 3.59. The minimum atomic E-state index is -0.381. The summed E-state index contributed by atoms with van der Waals surface area (Å²) in [6.07, 6.45) is 0. The van der Waals surface area contributed by atoms with Crippen molar-refractivity contribution in [3.63, 3.8) is 0 Å². The van der Waals surface area contributed by atoms with Crippen LogP contribution in [0, 0.1) is 11.8 Å². The molecular formula is C27H16O4. The third-order valence-electron chi connectivity index (χ3n) is 5.10. The molecule has 0 aliphatic rings. The molecule has 0 fully saturated rings. The number of phenolic OH excluding ortho intramolecular Hbond substituents is 2. The summed E-state index contributed by atoms with van der Waals surface area (Å²) in [4.78, 5) is 12.4. The van der Waals surface area contributed by atoms with Crippen LogP contribution in [-0.2, 0) is 0 Å². The summed E-state index contributed by atoms with van der Waals surface area (Å²) in [5.74, 6) is 6.27. The van der Waals surface area contributed by atoms with Crippen LogP contribution >= 0.6 is 0 Å². The van der Waals surface area contributed by atoms with Crippen LogP contribution in [0.15, 0.2) is 94.1 Å². The first-order valence-electron chi connectivity index (χ1n) is 9.68. The third kappa shape index (κ3) is 3.50. The lowest BCUT2D eigenvalue weighted by Gasteiger charge is -2.05. The minimum Gasteiger partial charge on any atom is -0.508 e. The molecule has 31 heavy (non-hydrogen) atoms. The maximum atomic E-state index is 12.4. The van der Waals surface area contributed by atoms with Crippen LogP contribution < -0.4 is 5.43 Å². The number of phenols is 2. The van der Waals surface area contributed by atoms with Crippen molar-refractivity contribution in [2.24, 2.45) is 0 Å². The summed E-state index contributed by atoms with van der Waals surface area (Å²) in [5.41, 5.74) is 2.23. The SMILES string of the molecule is O=c1cc(-c2ccc(C#Cc3cccc4ccccc34)cc2)oc2cc(O)cc(O)c12. The molecule has 148 valence electrons. The molecule has 5 rings (SSSR count). The van der Waals surface area contributed by atoms with E-state index in [0.29, 0.717) is 11.3 Å². The molecule has 0 bridgehead atoms. The number of hydrogen-bond donors (Lipinski definition) is 2. The number of rotatable bonds is 1. The van der Waals surface area contributed by atoms with Crippen molar-refractivity contribution in [1.29, 1.82) is 0 Å². The average Bonchev–Trinajstić information content (AvgIpc) is 2.77. The highest BCUT2D eigenvalue weighted by Gasteiger charge is 2.12. The lowest BCUT2D eigenvalue weighted by Crippen LogP contribution is -2.00. The van der Waals surface area contributed by atoms with E-state index in [9.17, 15) is 15.0 Å². The molecule has 0 aliphatic carbocycles. The van der Waals surface area contributed by atoms with Crippen LogP contribution in [-0.4, -0.2) is 10.2 Å². The van der Waals surface area contributed by atoms with Crippen LogP contribution in [0.1, 0.15) is 11.1 Å². The smallest absolute Gasteiger partial charge is 0.197 e. The van der Waals surface area contributed by atoms with Gasteiger partial charge in [0, 0.05) is 34.9 Å². The number of hydrogen-bond acceptors (Lipinski definition) is 4. The van der Waals surface area contributed by atoms with Gasteiger partial charge < -0.3 is 14.6 Å². The second kappa shape index (κ2) is 7.40. The Kier molecular flexibility index (Phi) is 4.42. The van der Waals surface area contributed by atoms with Crippen LogP contribution in [0.2, 0.25) is 0 Å². The predicted molar refractivity (Wildman–Crippen MR) is 121 cm³/mol. The Morgan fingerprint density at radius 2 is 1.55 bits per heavy atom. The summed E-state index contributed by atoms with van der Waals surface area (Å²) in [7, 11) is 0. The van der Waals surface area contributed by atoms with E-state index in [1.807, 2.05) is 48.5 Å². The van der Waals surface area contributed by atoms with Gasteiger partial charge in [0.1, 0.15) is 28.2 Å². The molecule has 0 saturated carbocycles. The molecule has 2 N–H and O–H groups in total. The van der Waals surface area contributed by atoms with Gasteiger partial charge in [-0.05, 0) is 41.1 Å². The second-order valence-electron chi connectivity index (χ2n) is 7.17. The maximum absolute atomic E-state index is 12.4. The first-order valence-corrected chi connectivity index (χ1v) is 9.68. The van der Waals surface area contributed by atoms with E-state index < -0.39 is 0 Å². The van der Waals surface area contributed by atoms with Gasteiger partial charge in [0.15, 0.2) is 5.43 Å². The maximum Gasteiger partial charge on any atom is 0.197 e. The highest BCUT2D eigenvalue weighted by molar-refractivity contribution is 5.88. The van der Waals surface area contributed by atoms with Gasteiger partial charge in [-0.25, -0.2) is 0 Å². The number of benzene rings is 4. The number of aromatic hydroxyl groups is 2. The van der Waals surface area contributed by atoms with Gasteiger partial charge in [-0.3, -0.25) is 4.79 Å². The Morgan fingerprint density at radius 1 is 0.774 bits per heavy atom. The predicted octanol–water partition coefficient (Wildman–Crippen LogP) is 5.42. The summed E-state index contributed by atoms with van der Waals surface area (Å²) in [6.45, 7) is 0. The molecule has 5 aromatic rings. The van der Waals surface area contributed by atoms with Gasteiger partial charge in [-0.15, -0.1) is 0 Å². The summed E-state index contributed by atoms with van der Waals surface area (Å²) < 4.78 is 5.75. The summed E-state index contributed by atoms with van der Waals surface area (Å²) >= 11 is 0. The standard InChI is InChI=1S/C27H16O4/c28-21-14-23(29)27-24(30)16-25(31-26(27)15-21)20-12-9-17(10-13-20)8-11-19-6-3-5-18-4-1-2-7-22(18)19/h1-7,9-10,12-16,28-29H. The van der Waals surface area contributed by atoms with Crippen molar-refractivity contribution in [2.75, 3.05) is 0 Å². The van der Waals surface area contributed by atoms with Gasteiger partial charge in [0.25, 0.3) is 0 Å². The van der Waals surface area contributed by atoms with Crippen molar-refractivity contribution < 1.29 is 14.6 Å². The molecule has 0 saturated heterocycles. The van der Waals surface area contributed by atoms with E-state index in [1.165, 1.54) is 12.1 Å². The van der Waals surface area contributed by atoms with Gasteiger partial charge in [-0.2, -0.15) is 0 Å². The Morgan fingerprint density at radius 3 is 2.39 bits per heavy atom. The minimum absolute atomic E-state index is 0.0409. The average molecular weight is 404 g/mol. The third-order valence-corrected chi connectivity index (χ3v) is 5.10. The molecule has 1 aromatic heterocycles. The zero-order valence-electron chi connectivity index (χ0n) is 16.3. The second-order valence-corrected chi connectivity index (χ2v) is 7.17. The van der Waals surface area contributed by atoms with E-state index in [0.717, 1.165) is 28.0 Å². The van der Waals surface area contributed by atoms with Crippen LogP contribution in [0.5, 0.6) is 11.5 Å². The zero-order chi connectivity index (χ0) is 21.4. The van der Waals surface area contributed by atoms with Crippen LogP contribution in [0.4, 0.5) is 0 Å². The molecule has 0 aliphatic heterocycles. The van der Waals surface area contributed by atoms with E-state index in [2.05, 4.69) is 30.0 Å². The first kappa shape index (κ1) is 18.5. The first-order chi connectivity index (χ1) is 15.1. The Bertz CT molecular complexity index is 1560. The molecule has 0 radical (unpaired) electrons. The fraction of sp³-hybridized carbons (Fsp3) is 0. The van der Waals surface area contributed by atoms with Crippen molar-refractivity contribution in [3.05, 3.63) is 106 Å². The van der Waals surface area contributed by atoms with E-state index >= 15 is 0 Å². The van der Waals surface area contributed by atoms with E-state index in [1.54, 1.807) is 0 Å². The lowest BCUT2D eigenvalue weighted by molar-refractivity contribution is 0.452. The van der Waals surface area contributed by atoms with Gasteiger partial charge in [0.05, 0.1) is 0 Å². The largest absolute Gasteiger partial charge is 0.508 e. The van der Waals surface area contributed by atoms with Crippen molar-refractivity contribution in [3.8, 4) is 34.7 Å². The summed E-state index contributed by atoms with van der Waals surface area (Å²) in [6, 6.07) is 25.3. The van der Waals surface area contributed by atoms with Crippen LogP contribution in [0.3, 0.4) is 0 Å². The van der Waals surface area contributed by atoms with E-state index in [4.69, 9.17) is 4.42 Å². The highest BCUT2D eigenvalue weighted by Crippen LogP contribution is 2.30. The van der Waals surface area contributed by atoms with E-state index in [-0.39, 0.29) is 27.9 Å². The van der Waals surface area contributed by atoms with Crippen molar-refractivity contribution in [1.82, 2.24) is 0 Å². The summed E-state index contributed by atoms with van der Waals surface area (Å²) in [5, 5.41) is 21.9. The molecule has 0 spiro atoms. The molecule has 4 nitrogen and oxygen atoms in total. The Hall–Kier alpha value is -4.49. The number of fused-ring (bicyclic) bond motifs is 2. The molecule has 1 heterocycles. The van der Waals surface area contributed by atoms with Gasteiger partial charge in [-0.1, -0.05) is 48.2 Å². The Labute approximate surface area is 177 Å². The van der Waals surface area contributed by atoms with Crippen molar-refractivity contribution in [2.45, 2.75) is 0 Å². The Balaban J connectivity index is 1.50. The normalized spacial score (nSPS) is 10.7. The molecule has 0 amide bonds. The lowest BCUT2D eigenvalue weighted by atomic mass is 10.0. The van der Waals surface area contributed by atoms with Gasteiger partial charge >= 0.3 is 0 Å². The molecular weight excluding hydrogens is 388 g/mol. The quantitative estimate of drug-likeness (QED) is 0.366. The monoisotopic (exact) mass is 404 g/mol. The fourth-order valence-corrected chi connectivity index (χ4v) is 3.59. The molecule has 4 heteroatoms. The zero-order valence-corrected chi connectivity index (χ0v) is 16.3. The topological polar surface area (TPSA) is 70.7 Å². The van der Waals surface area contributed by atoms with Crippen LogP contribution in [0.25, 0.3) is 33.1 Å². The molecule has 0 unspecified atom stereocenters. The highest BCUT2D eigenvalue weighted by atomic mass is 16.3. The molecule has 0 atom stereocenters.